The van der Waals surface area contributed by atoms with E-state index in [4.69, 9.17) is 9.47 Å². The van der Waals surface area contributed by atoms with Crippen molar-refractivity contribution in [3.8, 4) is 5.75 Å². The minimum absolute atomic E-state index is 0.293. The van der Waals surface area contributed by atoms with Gasteiger partial charge in [0.25, 0.3) is 0 Å². The lowest BCUT2D eigenvalue weighted by molar-refractivity contribution is -0.0113. The van der Waals surface area contributed by atoms with Crippen LogP contribution in [0.2, 0.25) is 0 Å². The van der Waals surface area contributed by atoms with Crippen LogP contribution in [-0.2, 0) is 17.8 Å². The molecule has 27 heavy (non-hydrogen) atoms. The average molecular weight is 370 g/mol. The summed E-state index contributed by atoms with van der Waals surface area (Å²) in [6, 6.07) is 8.20. The molecule has 1 aromatic carbocycles. The molecular formula is C20H26N4O3. The van der Waals surface area contributed by atoms with Crippen LogP contribution in [0.3, 0.4) is 0 Å². The van der Waals surface area contributed by atoms with Gasteiger partial charge in [-0.25, -0.2) is 9.78 Å². The van der Waals surface area contributed by atoms with Gasteiger partial charge >= 0.3 is 6.09 Å². The van der Waals surface area contributed by atoms with Crippen molar-refractivity contribution in [2.75, 3.05) is 26.2 Å². The summed E-state index contributed by atoms with van der Waals surface area (Å²) in [5.74, 6) is 0.935. The highest BCUT2D eigenvalue weighted by molar-refractivity contribution is 5.70. The second-order valence-corrected chi connectivity index (χ2v) is 7.35. The van der Waals surface area contributed by atoms with E-state index in [1.54, 1.807) is 6.20 Å². The quantitative estimate of drug-likeness (QED) is 0.758. The van der Waals surface area contributed by atoms with E-state index in [0.717, 1.165) is 51.2 Å². The third-order valence-electron chi connectivity index (χ3n) is 5.23. The minimum Gasteiger partial charge on any atom is -0.493 e. The topological polar surface area (TPSA) is 68.6 Å². The Morgan fingerprint density at radius 2 is 2.26 bits per heavy atom. The van der Waals surface area contributed by atoms with Gasteiger partial charge in [0.1, 0.15) is 11.4 Å². The van der Waals surface area contributed by atoms with Crippen LogP contribution >= 0.6 is 0 Å². The molecule has 4 rings (SSSR count). The van der Waals surface area contributed by atoms with Crippen molar-refractivity contribution in [2.45, 2.75) is 38.0 Å². The summed E-state index contributed by atoms with van der Waals surface area (Å²) in [7, 11) is 0. The van der Waals surface area contributed by atoms with Gasteiger partial charge in [-0.05, 0) is 31.9 Å². The zero-order chi connectivity index (χ0) is 18.5. The monoisotopic (exact) mass is 370 g/mol. The van der Waals surface area contributed by atoms with Crippen LogP contribution in [-0.4, -0.2) is 52.4 Å². The molecule has 0 radical (unpaired) electrons. The molecule has 1 aromatic heterocycles. The van der Waals surface area contributed by atoms with Crippen molar-refractivity contribution in [3.63, 3.8) is 0 Å². The number of likely N-dealkylation sites (tertiary alicyclic amines) is 1. The van der Waals surface area contributed by atoms with E-state index in [0.29, 0.717) is 13.2 Å². The van der Waals surface area contributed by atoms with E-state index in [1.807, 2.05) is 30.7 Å². The molecule has 2 aliphatic rings. The SMILES string of the molecule is O=C1NC[C@@]2(CCCN(Cc3ccccc3OCCCn3ccnc3)C2)O1. The number of nitrogens with one attached hydrogen (secondary N) is 1. The number of aryl methyl sites for hydroxylation is 1. The third-order valence-corrected chi connectivity index (χ3v) is 5.23. The van der Waals surface area contributed by atoms with Crippen molar-refractivity contribution in [1.29, 1.82) is 0 Å². The molecule has 7 heteroatoms. The van der Waals surface area contributed by atoms with Crippen LogP contribution in [0.25, 0.3) is 0 Å². The Bertz CT molecular complexity index is 764. The fourth-order valence-corrected chi connectivity index (χ4v) is 3.92. The highest BCUT2D eigenvalue weighted by atomic mass is 16.6. The van der Waals surface area contributed by atoms with Crippen LogP contribution in [0.15, 0.2) is 43.0 Å². The molecule has 1 spiro atoms. The number of para-hydroxylation sites is 1. The Morgan fingerprint density at radius 3 is 3.07 bits per heavy atom. The summed E-state index contributed by atoms with van der Waals surface area (Å²) >= 11 is 0. The molecule has 0 bridgehead atoms. The summed E-state index contributed by atoms with van der Waals surface area (Å²) in [5, 5.41) is 2.80. The van der Waals surface area contributed by atoms with Gasteiger partial charge in [-0.15, -0.1) is 0 Å². The Labute approximate surface area is 159 Å². The molecule has 2 saturated heterocycles. The minimum atomic E-state index is -0.365. The first kappa shape index (κ1) is 17.9. The molecule has 7 nitrogen and oxygen atoms in total. The van der Waals surface area contributed by atoms with Crippen LogP contribution in [0, 0.1) is 0 Å². The predicted octanol–water partition coefficient (Wildman–Crippen LogP) is 2.43. The van der Waals surface area contributed by atoms with Gasteiger partial charge in [0.2, 0.25) is 0 Å². The standard InChI is InChI=1S/C20H26N4O3/c25-19-22-14-20(27-19)7-3-9-24(15-20)13-17-5-1-2-6-18(17)26-12-4-10-23-11-8-21-16-23/h1-2,5-6,8,11,16H,3-4,7,9-10,12-15H2,(H,22,25)/t20-/m1/s1. The molecule has 1 amide bonds. The Morgan fingerprint density at radius 1 is 1.33 bits per heavy atom. The first-order chi connectivity index (χ1) is 13.2. The van der Waals surface area contributed by atoms with E-state index < -0.39 is 0 Å². The van der Waals surface area contributed by atoms with Crippen molar-refractivity contribution >= 4 is 6.09 Å². The van der Waals surface area contributed by atoms with E-state index in [9.17, 15) is 4.79 Å². The number of amides is 1. The molecule has 144 valence electrons. The number of carbonyl (C=O) groups is 1. The number of alkyl carbamates (subject to hydrolysis) is 1. The highest BCUT2D eigenvalue weighted by Crippen LogP contribution is 2.30. The van der Waals surface area contributed by atoms with Gasteiger partial charge in [0.15, 0.2) is 0 Å². The molecule has 1 N–H and O–H groups in total. The van der Waals surface area contributed by atoms with Crippen LogP contribution in [0.5, 0.6) is 5.75 Å². The van der Waals surface area contributed by atoms with E-state index in [2.05, 4.69) is 25.8 Å². The second-order valence-electron chi connectivity index (χ2n) is 7.35. The number of rotatable bonds is 7. The second kappa shape index (κ2) is 8.00. The molecule has 1 atom stereocenters. The number of benzene rings is 1. The first-order valence-corrected chi connectivity index (χ1v) is 9.58. The molecule has 0 saturated carbocycles. The smallest absolute Gasteiger partial charge is 0.407 e. The van der Waals surface area contributed by atoms with Gasteiger partial charge in [-0.2, -0.15) is 0 Å². The highest BCUT2D eigenvalue weighted by Gasteiger charge is 2.43. The van der Waals surface area contributed by atoms with Gasteiger partial charge in [0, 0.05) is 37.6 Å². The van der Waals surface area contributed by atoms with Gasteiger partial charge < -0.3 is 19.4 Å². The number of aromatic nitrogens is 2. The zero-order valence-electron chi connectivity index (χ0n) is 15.5. The fraction of sp³-hybridized carbons (Fsp3) is 0.500. The molecule has 0 unspecified atom stereocenters. The number of hydrogen-bond acceptors (Lipinski definition) is 5. The van der Waals surface area contributed by atoms with Crippen molar-refractivity contribution in [1.82, 2.24) is 19.8 Å². The van der Waals surface area contributed by atoms with Crippen molar-refractivity contribution < 1.29 is 14.3 Å². The summed E-state index contributed by atoms with van der Waals surface area (Å²) in [6.45, 7) is 4.75. The Hall–Kier alpha value is -2.54. The van der Waals surface area contributed by atoms with Crippen LogP contribution < -0.4 is 10.1 Å². The normalized spacial score (nSPS) is 22.6. The van der Waals surface area contributed by atoms with Gasteiger partial charge in [0.05, 0.1) is 19.5 Å². The van der Waals surface area contributed by atoms with E-state index in [1.165, 1.54) is 5.56 Å². The molecule has 2 aliphatic heterocycles. The fourth-order valence-electron chi connectivity index (χ4n) is 3.92. The Balaban J connectivity index is 1.32. The molecule has 2 aromatic rings. The maximum Gasteiger partial charge on any atom is 0.407 e. The van der Waals surface area contributed by atoms with E-state index in [-0.39, 0.29) is 11.7 Å². The predicted molar refractivity (Wildman–Crippen MR) is 101 cm³/mol. The third kappa shape index (κ3) is 4.42. The Kier molecular flexibility index (Phi) is 5.29. The number of imidazole rings is 1. The van der Waals surface area contributed by atoms with Gasteiger partial charge in [-0.3, -0.25) is 4.90 Å². The number of nitrogens with zero attached hydrogens (tertiary/aromatic N) is 3. The van der Waals surface area contributed by atoms with Crippen LogP contribution in [0.1, 0.15) is 24.8 Å². The first-order valence-electron chi connectivity index (χ1n) is 9.58. The lowest BCUT2D eigenvalue weighted by Crippen LogP contribution is -2.50. The number of ether oxygens (including phenoxy) is 2. The van der Waals surface area contributed by atoms with Gasteiger partial charge in [-0.1, -0.05) is 18.2 Å². The summed E-state index contributed by atoms with van der Waals surface area (Å²) in [5.41, 5.74) is 0.810. The summed E-state index contributed by atoms with van der Waals surface area (Å²) < 4.78 is 13.7. The summed E-state index contributed by atoms with van der Waals surface area (Å²) in [6.07, 6.45) is 8.17. The largest absolute Gasteiger partial charge is 0.493 e. The molecule has 2 fully saturated rings. The maximum atomic E-state index is 11.5. The van der Waals surface area contributed by atoms with Crippen molar-refractivity contribution in [2.24, 2.45) is 0 Å². The van der Waals surface area contributed by atoms with Crippen LogP contribution in [0.4, 0.5) is 4.79 Å². The molecular weight excluding hydrogens is 344 g/mol. The molecule has 3 heterocycles. The lowest BCUT2D eigenvalue weighted by atomic mass is 9.92. The maximum absolute atomic E-state index is 11.5. The number of hydrogen-bond donors (Lipinski definition) is 1. The average Bonchev–Trinajstić information content (AvgIpc) is 3.30. The number of piperidine rings is 1. The zero-order valence-corrected chi connectivity index (χ0v) is 15.5. The lowest BCUT2D eigenvalue weighted by Gasteiger charge is -2.38. The van der Waals surface area contributed by atoms with Crippen molar-refractivity contribution in [3.05, 3.63) is 48.5 Å². The van der Waals surface area contributed by atoms with E-state index >= 15 is 0 Å². The molecule has 0 aliphatic carbocycles. The summed E-state index contributed by atoms with van der Waals surface area (Å²) in [4.78, 5) is 17.9. The number of carbonyl (C=O) groups excluding carboxylic acids is 1.